The topological polar surface area (TPSA) is 59.1 Å². The number of anilines is 1. The maximum atomic E-state index is 12.0. The van der Waals surface area contributed by atoms with Crippen LogP contribution in [0.3, 0.4) is 0 Å². The Morgan fingerprint density at radius 1 is 1.50 bits per heavy atom. The van der Waals surface area contributed by atoms with E-state index >= 15 is 0 Å². The van der Waals surface area contributed by atoms with Gasteiger partial charge in [0.05, 0.1) is 0 Å². The second-order valence-electron chi connectivity index (χ2n) is 2.84. The van der Waals surface area contributed by atoms with Gasteiger partial charge in [-0.3, -0.25) is 4.98 Å². The van der Waals surface area contributed by atoms with Crippen molar-refractivity contribution < 1.29 is 18.3 Å². The van der Waals surface area contributed by atoms with E-state index in [2.05, 4.69) is 4.98 Å². The van der Waals surface area contributed by atoms with Crippen LogP contribution in [-0.4, -0.2) is 22.4 Å². The molecule has 0 saturated heterocycles. The number of nitrogens with two attached hydrogens (primary N) is 1. The summed E-state index contributed by atoms with van der Waals surface area (Å²) in [7, 11) is 0. The Morgan fingerprint density at radius 3 is 2.64 bits per heavy atom. The number of aromatic nitrogens is 1. The third-order valence-corrected chi connectivity index (χ3v) is 1.73. The van der Waals surface area contributed by atoms with Gasteiger partial charge in [-0.1, -0.05) is 0 Å². The van der Waals surface area contributed by atoms with Crippen molar-refractivity contribution in [3.05, 3.63) is 24.0 Å². The SMILES string of the molecule is Nc1ccncc1CC(O)C(F)(F)F. The molecule has 1 unspecified atom stereocenters. The molecule has 1 heterocycles. The Balaban J connectivity index is 2.75. The lowest BCUT2D eigenvalue weighted by atomic mass is 10.1. The number of hydrogen-bond donors (Lipinski definition) is 2. The number of rotatable bonds is 2. The largest absolute Gasteiger partial charge is 0.414 e. The van der Waals surface area contributed by atoms with Gasteiger partial charge in [-0.05, 0) is 11.6 Å². The number of halogens is 3. The molecule has 0 aromatic carbocycles. The molecule has 3 N–H and O–H groups in total. The summed E-state index contributed by atoms with van der Waals surface area (Å²) in [5, 5.41) is 8.76. The lowest BCUT2D eigenvalue weighted by Crippen LogP contribution is -2.30. The van der Waals surface area contributed by atoms with E-state index < -0.39 is 18.7 Å². The summed E-state index contributed by atoms with van der Waals surface area (Å²) >= 11 is 0. The van der Waals surface area contributed by atoms with Gasteiger partial charge in [0, 0.05) is 24.5 Å². The highest BCUT2D eigenvalue weighted by atomic mass is 19.4. The van der Waals surface area contributed by atoms with Gasteiger partial charge in [0.1, 0.15) is 0 Å². The van der Waals surface area contributed by atoms with E-state index in [0.717, 1.165) is 0 Å². The highest BCUT2D eigenvalue weighted by Gasteiger charge is 2.38. The molecule has 0 bridgehead atoms. The van der Waals surface area contributed by atoms with Crippen molar-refractivity contribution in [3.8, 4) is 0 Å². The molecule has 0 spiro atoms. The van der Waals surface area contributed by atoms with Crippen LogP contribution in [0.25, 0.3) is 0 Å². The molecule has 1 rings (SSSR count). The fourth-order valence-electron chi connectivity index (χ4n) is 0.933. The highest BCUT2D eigenvalue weighted by Crippen LogP contribution is 2.24. The van der Waals surface area contributed by atoms with Crippen LogP contribution in [0.2, 0.25) is 0 Å². The highest BCUT2D eigenvalue weighted by molar-refractivity contribution is 5.44. The van der Waals surface area contributed by atoms with Crippen LogP contribution in [0.4, 0.5) is 18.9 Å². The van der Waals surface area contributed by atoms with Crippen LogP contribution in [-0.2, 0) is 6.42 Å². The predicted octanol–water partition coefficient (Wildman–Crippen LogP) is 1.13. The second-order valence-corrected chi connectivity index (χ2v) is 2.84. The molecule has 1 aromatic heterocycles. The Hall–Kier alpha value is -1.30. The molecule has 0 aliphatic rings. The van der Waals surface area contributed by atoms with E-state index in [1.165, 1.54) is 18.5 Å². The molecule has 0 saturated carbocycles. The molecule has 0 aliphatic heterocycles. The molecule has 1 aromatic rings. The Morgan fingerprint density at radius 2 is 2.14 bits per heavy atom. The number of aliphatic hydroxyl groups excluding tert-OH is 1. The summed E-state index contributed by atoms with van der Waals surface area (Å²) in [6.45, 7) is 0. The smallest absolute Gasteiger partial charge is 0.398 e. The zero-order valence-electron chi connectivity index (χ0n) is 7.12. The van der Waals surface area contributed by atoms with Gasteiger partial charge in [0.15, 0.2) is 6.10 Å². The van der Waals surface area contributed by atoms with E-state index in [0.29, 0.717) is 0 Å². The normalized spacial score (nSPS) is 14.0. The first-order valence-electron chi connectivity index (χ1n) is 3.84. The van der Waals surface area contributed by atoms with Gasteiger partial charge in [-0.25, -0.2) is 0 Å². The van der Waals surface area contributed by atoms with E-state index in [-0.39, 0.29) is 11.3 Å². The first-order chi connectivity index (χ1) is 6.41. The van der Waals surface area contributed by atoms with Crippen LogP contribution >= 0.6 is 0 Å². The van der Waals surface area contributed by atoms with Gasteiger partial charge in [0.2, 0.25) is 0 Å². The van der Waals surface area contributed by atoms with Gasteiger partial charge in [-0.15, -0.1) is 0 Å². The minimum Gasteiger partial charge on any atom is -0.398 e. The fourth-order valence-corrected chi connectivity index (χ4v) is 0.933. The number of aliphatic hydroxyl groups is 1. The van der Waals surface area contributed by atoms with Crippen molar-refractivity contribution in [1.82, 2.24) is 4.98 Å². The quantitative estimate of drug-likeness (QED) is 0.762. The van der Waals surface area contributed by atoms with Crippen molar-refractivity contribution in [3.63, 3.8) is 0 Å². The summed E-state index contributed by atoms with van der Waals surface area (Å²) in [5.74, 6) is 0. The van der Waals surface area contributed by atoms with Crippen molar-refractivity contribution in [2.24, 2.45) is 0 Å². The average Bonchev–Trinajstić information content (AvgIpc) is 2.07. The summed E-state index contributed by atoms with van der Waals surface area (Å²) in [6, 6.07) is 1.39. The van der Waals surface area contributed by atoms with E-state index in [1.54, 1.807) is 0 Å². The molecule has 6 heteroatoms. The molecule has 0 fully saturated rings. The molecule has 14 heavy (non-hydrogen) atoms. The zero-order chi connectivity index (χ0) is 10.8. The molecule has 0 radical (unpaired) electrons. The van der Waals surface area contributed by atoms with Crippen LogP contribution < -0.4 is 5.73 Å². The third kappa shape index (κ3) is 2.59. The summed E-state index contributed by atoms with van der Waals surface area (Å²) in [5.41, 5.74) is 5.78. The number of alkyl halides is 3. The molecular weight excluding hydrogens is 197 g/mol. The molecule has 0 amide bonds. The molecule has 1 atom stereocenters. The van der Waals surface area contributed by atoms with E-state index in [4.69, 9.17) is 10.8 Å². The van der Waals surface area contributed by atoms with Crippen molar-refractivity contribution in [1.29, 1.82) is 0 Å². The number of nitrogen functional groups attached to an aromatic ring is 1. The van der Waals surface area contributed by atoms with E-state index in [1.807, 2.05) is 0 Å². The van der Waals surface area contributed by atoms with Crippen molar-refractivity contribution in [2.45, 2.75) is 18.7 Å². The Labute approximate surface area is 78.4 Å². The zero-order valence-corrected chi connectivity index (χ0v) is 7.12. The Bertz CT molecular complexity index is 314. The van der Waals surface area contributed by atoms with Crippen molar-refractivity contribution >= 4 is 5.69 Å². The summed E-state index contributed by atoms with van der Waals surface area (Å²) in [6.07, 6.45) is -5.00. The third-order valence-electron chi connectivity index (χ3n) is 1.73. The van der Waals surface area contributed by atoms with Crippen LogP contribution in [0.15, 0.2) is 18.5 Å². The Kier molecular flexibility index (Phi) is 2.95. The number of pyridine rings is 1. The predicted molar refractivity (Wildman–Crippen MR) is 44.4 cm³/mol. The standard InChI is InChI=1S/C8H9F3N2O/c9-8(10,11)7(14)3-5-4-13-2-1-6(5)12/h1-2,4,7,14H,3H2,(H2,12,13). The van der Waals surface area contributed by atoms with Crippen LogP contribution in [0.1, 0.15) is 5.56 Å². The molecule has 78 valence electrons. The van der Waals surface area contributed by atoms with Gasteiger partial charge in [-0.2, -0.15) is 13.2 Å². The van der Waals surface area contributed by atoms with Gasteiger partial charge in [0.25, 0.3) is 0 Å². The monoisotopic (exact) mass is 206 g/mol. The summed E-state index contributed by atoms with van der Waals surface area (Å²) < 4.78 is 35.9. The maximum Gasteiger partial charge on any atom is 0.414 e. The van der Waals surface area contributed by atoms with Gasteiger partial charge < -0.3 is 10.8 Å². The first kappa shape index (κ1) is 10.8. The number of hydrogen-bond acceptors (Lipinski definition) is 3. The molecular formula is C8H9F3N2O. The molecule has 0 aliphatic carbocycles. The lowest BCUT2D eigenvalue weighted by Gasteiger charge is -2.14. The van der Waals surface area contributed by atoms with Crippen molar-refractivity contribution in [2.75, 3.05) is 5.73 Å². The number of nitrogens with zero attached hydrogens (tertiary/aromatic N) is 1. The van der Waals surface area contributed by atoms with Gasteiger partial charge >= 0.3 is 6.18 Å². The summed E-state index contributed by atoms with van der Waals surface area (Å²) in [4.78, 5) is 3.62. The van der Waals surface area contributed by atoms with Crippen LogP contribution in [0, 0.1) is 0 Å². The lowest BCUT2D eigenvalue weighted by molar-refractivity contribution is -0.203. The van der Waals surface area contributed by atoms with Crippen LogP contribution in [0.5, 0.6) is 0 Å². The second kappa shape index (κ2) is 3.83. The fraction of sp³-hybridized carbons (Fsp3) is 0.375. The maximum absolute atomic E-state index is 12.0. The molecule has 3 nitrogen and oxygen atoms in total. The average molecular weight is 206 g/mol. The minimum absolute atomic E-state index is 0.192. The van der Waals surface area contributed by atoms with E-state index in [9.17, 15) is 13.2 Å². The first-order valence-corrected chi connectivity index (χ1v) is 3.84. The minimum atomic E-state index is -4.62.